The Hall–Kier alpha value is -2.24. The fourth-order valence-electron chi connectivity index (χ4n) is 3.32. The molecule has 2 heterocycles. The van der Waals surface area contributed by atoms with E-state index >= 15 is 0 Å². The van der Waals surface area contributed by atoms with Crippen LogP contribution in [-0.2, 0) is 16.6 Å². The van der Waals surface area contributed by atoms with Crippen molar-refractivity contribution in [1.82, 2.24) is 19.0 Å². The molecule has 3 rings (SSSR count). The summed E-state index contributed by atoms with van der Waals surface area (Å²) in [5, 5.41) is 3.60. The summed E-state index contributed by atoms with van der Waals surface area (Å²) >= 11 is 0. The molecule has 1 aromatic carbocycles. The van der Waals surface area contributed by atoms with Gasteiger partial charge in [0.05, 0.1) is 26.1 Å². The quantitative estimate of drug-likeness (QED) is 0.670. The largest absolute Gasteiger partial charge is 0.493 e. The second kappa shape index (κ2) is 8.64. The van der Waals surface area contributed by atoms with Gasteiger partial charge in [0, 0.05) is 32.7 Å². The second-order valence-electron chi connectivity index (χ2n) is 6.71. The first-order valence-corrected chi connectivity index (χ1v) is 10.5. The summed E-state index contributed by atoms with van der Waals surface area (Å²) in [6.07, 6.45) is 0.894. The van der Waals surface area contributed by atoms with E-state index in [9.17, 15) is 17.2 Å². The smallest absolute Gasteiger partial charge is 0.333 e. The van der Waals surface area contributed by atoms with Gasteiger partial charge in [-0.1, -0.05) is 6.07 Å². The number of alkyl halides is 2. The number of piperazine rings is 1. The Morgan fingerprint density at radius 3 is 2.31 bits per heavy atom. The Kier molecular flexibility index (Phi) is 6.39. The minimum Gasteiger partial charge on any atom is -0.493 e. The van der Waals surface area contributed by atoms with Crippen LogP contribution in [0.5, 0.6) is 11.5 Å². The zero-order valence-electron chi connectivity index (χ0n) is 16.5. The van der Waals surface area contributed by atoms with Crippen molar-refractivity contribution in [2.75, 3.05) is 40.4 Å². The molecular formula is C18H24F2N4O4S. The molecule has 0 aliphatic carbocycles. The van der Waals surface area contributed by atoms with Crippen LogP contribution in [0.15, 0.2) is 29.3 Å². The van der Waals surface area contributed by atoms with Crippen LogP contribution < -0.4 is 9.47 Å². The molecule has 29 heavy (non-hydrogen) atoms. The Balaban J connectivity index is 1.66. The molecule has 11 heteroatoms. The number of hydrogen-bond donors (Lipinski definition) is 0. The maximum absolute atomic E-state index is 12.8. The number of methoxy groups -OCH3 is 2. The molecule has 0 saturated carbocycles. The third kappa shape index (κ3) is 4.51. The van der Waals surface area contributed by atoms with Gasteiger partial charge < -0.3 is 9.47 Å². The molecular weight excluding hydrogens is 406 g/mol. The van der Waals surface area contributed by atoms with Crippen LogP contribution in [0.3, 0.4) is 0 Å². The molecule has 1 fully saturated rings. The van der Waals surface area contributed by atoms with Crippen LogP contribution in [0, 0.1) is 6.92 Å². The number of aromatic nitrogens is 2. The Morgan fingerprint density at radius 1 is 1.10 bits per heavy atom. The highest BCUT2D eigenvalue weighted by Gasteiger charge is 2.32. The van der Waals surface area contributed by atoms with Gasteiger partial charge in [-0.3, -0.25) is 4.90 Å². The number of nitrogens with zero attached hydrogens (tertiary/aromatic N) is 4. The molecule has 2 aromatic rings. The van der Waals surface area contributed by atoms with Gasteiger partial charge in [0.2, 0.25) is 10.0 Å². The van der Waals surface area contributed by atoms with E-state index in [1.165, 1.54) is 11.2 Å². The maximum atomic E-state index is 12.8. The minimum atomic E-state index is -3.87. The topological polar surface area (TPSA) is 76.9 Å². The van der Waals surface area contributed by atoms with Gasteiger partial charge in [0.25, 0.3) is 0 Å². The molecule has 0 N–H and O–H groups in total. The highest BCUT2D eigenvalue weighted by atomic mass is 32.2. The zero-order valence-corrected chi connectivity index (χ0v) is 17.3. The van der Waals surface area contributed by atoms with Gasteiger partial charge in [-0.05, 0) is 24.6 Å². The average Bonchev–Trinajstić information content (AvgIpc) is 3.11. The maximum Gasteiger partial charge on any atom is 0.333 e. The number of benzene rings is 1. The normalized spacial score (nSPS) is 16.3. The van der Waals surface area contributed by atoms with Gasteiger partial charge in [-0.15, -0.1) is 0 Å². The van der Waals surface area contributed by atoms with Crippen molar-refractivity contribution in [3.63, 3.8) is 0 Å². The standard InChI is InChI=1S/C18H24F2N4O4S/c1-13-17(12-24(21-13)18(19)20)29(25,26)23-8-6-22(7-9-23)11-14-4-5-15(27-2)16(10-14)28-3/h4-5,10,12,18H,6-9,11H2,1-3H3. The number of hydrogen-bond acceptors (Lipinski definition) is 6. The molecule has 0 unspecified atom stereocenters. The lowest BCUT2D eigenvalue weighted by Gasteiger charge is -2.33. The van der Waals surface area contributed by atoms with Crippen LogP contribution in [0.25, 0.3) is 0 Å². The SMILES string of the molecule is COc1ccc(CN2CCN(S(=O)(=O)c3cn(C(F)F)nc3C)CC2)cc1OC. The first-order chi connectivity index (χ1) is 13.8. The summed E-state index contributed by atoms with van der Waals surface area (Å²) in [6, 6.07) is 5.66. The van der Waals surface area contributed by atoms with E-state index < -0.39 is 16.6 Å². The summed E-state index contributed by atoms with van der Waals surface area (Å²) in [5.41, 5.74) is 1.09. The minimum absolute atomic E-state index is 0.0676. The molecule has 0 amide bonds. The average molecular weight is 430 g/mol. The van der Waals surface area contributed by atoms with Crippen LogP contribution in [-0.4, -0.2) is 67.8 Å². The molecule has 1 saturated heterocycles. The Bertz CT molecular complexity index is 957. The number of halogens is 2. The van der Waals surface area contributed by atoms with Crippen molar-refractivity contribution < 1.29 is 26.7 Å². The molecule has 0 radical (unpaired) electrons. The van der Waals surface area contributed by atoms with Crippen molar-refractivity contribution in [2.24, 2.45) is 0 Å². The Labute approximate surface area is 168 Å². The summed E-state index contributed by atoms with van der Waals surface area (Å²) in [7, 11) is -0.722. The van der Waals surface area contributed by atoms with Crippen LogP contribution in [0.1, 0.15) is 17.8 Å². The van der Waals surface area contributed by atoms with Gasteiger partial charge in [0.1, 0.15) is 4.90 Å². The summed E-state index contributed by atoms with van der Waals surface area (Å²) in [5.74, 6) is 1.28. The van der Waals surface area contributed by atoms with Crippen LogP contribution >= 0.6 is 0 Å². The first kappa shape index (κ1) is 21.5. The molecule has 1 aromatic heterocycles. The number of ether oxygens (including phenoxy) is 2. The number of aryl methyl sites for hydroxylation is 1. The second-order valence-corrected chi connectivity index (χ2v) is 8.61. The highest BCUT2D eigenvalue weighted by Crippen LogP contribution is 2.28. The summed E-state index contributed by atoms with van der Waals surface area (Å²) in [6.45, 7) is 0.765. The van der Waals surface area contributed by atoms with E-state index in [1.807, 2.05) is 18.2 Å². The monoisotopic (exact) mass is 430 g/mol. The molecule has 0 atom stereocenters. The molecule has 8 nitrogen and oxygen atoms in total. The number of sulfonamides is 1. The lowest BCUT2D eigenvalue weighted by atomic mass is 10.1. The van der Waals surface area contributed by atoms with Crippen LogP contribution in [0.2, 0.25) is 0 Å². The molecule has 1 aliphatic rings. The van der Waals surface area contributed by atoms with Gasteiger partial charge >= 0.3 is 6.55 Å². The summed E-state index contributed by atoms with van der Waals surface area (Å²) < 4.78 is 63.6. The molecule has 0 spiro atoms. The van der Waals surface area contributed by atoms with Crippen molar-refractivity contribution in [2.45, 2.75) is 24.9 Å². The van der Waals surface area contributed by atoms with E-state index in [2.05, 4.69) is 10.00 Å². The fraction of sp³-hybridized carbons (Fsp3) is 0.500. The molecule has 0 bridgehead atoms. The third-order valence-corrected chi connectivity index (χ3v) is 6.88. The number of rotatable bonds is 7. The third-order valence-electron chi connectivity index (χ3n) is 4.87. The van der Waals surface area contributed by atoms with Crippen molar-refractivity contribution in [1.29, 1.82) is 0 Å². The van der Waals surface area contributed by atoms with E-state index in [-0.39, 0.29) is 23.7 Å². The van der Waals surface area contributed by atoms with Gasteiger partial charge in [0.15, 0.2) is 11.5 Å². The van der Waals surface area contributed by atoms with Crippen molar-refractivity contribution >= 4 is 10.0 Å². The molecule has 160 valence electrons. The lowest BCUT2D eigenvalue weighted by Crippen LogP contribution is -2.48. The van der Waals surface area contributed by atoms with Gasteiger partial charge in [-0.2, -0.15) is 18.2 Å². The van der Waals surface area contributed by atoms with Gasteiger partial charge in [-0.25, -0.2) is 13.1 Å². The van der Waals surface area contributed by atoms with E-state index in [1.54, 1.807) is 14.2 Å². The Morgan fingerprint density at radius 2 is 1.76 bits per heavy atom. The summed E-state index contributed by atoms with van der Waals surface area (Å²) in [4.78, 5) is 1.95. The van der Waals surface area contributed by atoms with Crippen molar-refractivity contribution in [3.05, 3.63) is 35.7 Å². The van der Waals surface area contributed by atoms with Crippen molar-refractivity contribution in [3.8, 4) is 11.5 Å². The fourth-order valence-corrected chi connectivity index (χ4v) is 4.90. The van der Waals surface area contributed by atoms with Crippen LogP contribution in [0.4, 0.5) is 8.78 Å². The predicted molar refractivity (Wildman–Crippen MR) is 102 cm³/mol. The van der Waals surface area contributed by atoms with E-state index in [4.69, 9.17) is 9.47 Å². The van der Waals surface area contributed by atoms with E-state index in [0.29, 0.717) is 35.8 Å². The highest BCUT2D eigenvalue weighted by molar-refractivity contribution is 7.89. The lowest BCUT2D eigenvalue weighted by molar-refractivity contribution is 0.0561. The zero-order chi connectivity index (χ0) is 21.2. The van der Waals surface area contributed by atoms with E-state index in [0.717, 1.165) is 11.8 Å². The molecule has 1 aliphatic heterocycles. The first-order valence-electron chi connectivity index (χ1n) is 9.03. The predicted octanol–water partition coefficient (Wildman–Crippen LogP) is 2.11.